The number of aromatic nitrogens is 1. The monoisotopic (exact) mass is 306 g/mol. The molecule has 0 saturated carbocycles. The van der Waals surface area contributed by atoms with Gasteiger partial charge < -0.3 is 14.7 Å². The number of carbonyl (C=O) groups is 2. The molecule has 1 aliphatic rings. The first-order valence-corrected chi connectivity index (χ1v) is 7.36. The van der Waals surface area contributed by atoms with Crippen molar-refractivity contribution in [3.05, 3.63) is 30.1 Å². The first-order valence-electron chi connectivity index (χ1n) is 7.36. The number of hydrogen-bond acceptors (Lipinski definition) is 4. The number of carbonyl (C=O) groups excluding carboxylic acids is 1. The molecule has 1 aromatic rings. The summed E-state index contributed by atoms with van der Waals surface area (Å²) in [6.07, 6.45) is 3.53. The maximum Gasteiger partial charge on any atom is 0.410 e. The second-order valence-corrected chi connectivity index (χ2v) is 6.60. The molecule has 1 N–H and O–H groups in total. The zero-order valence-electron chi connectivity index (χ0n) is 13.2. The molecule has 1 fully saturated rings. The van der Waals surface area contributed by atoms with Crippen LogP contribution in [0.1, 0.15) is 39.2 Å². The molecule has 6 heteroatoms. The first kappa shape index (κ1) is 16.3. The molecule has 1 aromatic heterocycles. The molecule has 0 unspecified atom stereocenters. The molecule has 1 amide bonds. The van der Waals surface area contributed by atoms with Crippen LogP contribution >= 0.6 is 0 Å². The maximum absolute atomic E-state index is 12.1. The van der Waals surface area contributed by atoms with Crippen LogP contribution in [0.2, 0.25) is 0 Å². The van der Waals surface area contributed by atoms with E-state index in [-0.39, 0.29) is 0 Å². The summed E-state index contributed by atoms with van der Waals surface area (Å²) in [5, 5.41) is 9.69. The number of aliphatic carboxylic acids is 1. The van der Waals surface area contributed by atoms with Crippen LogP contribution < -0.4 is 0 Å². The van der Waals surface area contributed by atoms with Crippen LogP contribution in [0, 0.1) is 0 Å². The molecule has 0 aromatic carbocycles. The third kappa shape index (κ3) is 3.37. The fourth-order valence-corrected chi connectivity index (χ4v) is 2.67. The van der Waals surface area contributed by atoms with Crippen LogP contribution in [0.5, 0.6) is 0 Å². The SMILES string of the molecule is CC(C)(C)OC(=O)N1CCC(C(=O)O)(c2cccnc2)CC1. The number of carboxylic acids is 1. The molecule has 6 nitrogen and oxygen atoms in total. The van der Waals surface area contributed by atoms with E-state index in [0.717, 1.165) is 0 Å². The highest BCUT2D eigenvalue weighted by Gasteiger charge is 2.44. The Labute approximate surface area is 130 Å². The predicted octanol–water partition coefficient (Wildman–Crippen LogP) is 2.43. The molecular formula is C16H22N2O4. The van der Waals surface area contributed by atoms with Gasteiger partial charge in [-0.3, -0.25) is 9.78 Å². The second kappa shape index (κ2) is 5.94. The Morgan fingerprint density at radius 1 is 1.32 bits per heavy atom. The third-order valence-electron chi connectivity index (χ3n) is 3.89. The highest BCUT2D eigenvalue weighted by molar-refractivity contribution is 5.82. The zero-order valence-corrected chi connectivity index (χ0v) is 13.2. The highest BCUT2D eigenvalue weighted by Crippen LogP contribution is 2.35. The summed E-state index contributed by atoms with van der Waals surface area (Å²) in [5.74, 6) is -0.871. The van der Waals surface area contributed by atoms with E-state index in [9.17, 15) is 14.7 Å². The van der Waals surface area contributed by atoms with E-state index in [0.29, 0.717) is 31.5 Å². The Balaban J connectivity index is 2.11. The van der Waals surface area contributed by atoms with Gasteiger partial charge in [-0.2, -0.15) is 0 Å². The molecule has 22 heavy (non-hydrogen) atoms. The Morgan fingerprint density at radius 2 is 1.95 bits per heavy atom. The molecule has 0 atom stereocenters. The Hall–Kier alpha value is -2.11. The Bertz CT molecular complexity index is 543. The van der Waals surface area contributed by atoms with E-state index in [2.05, 4.69) is 4.98 Å². The molecule has 2 heterocycles. The molecule has 120 valence electrons. The number of pyridine rings is 1. The standard InChI is InChI=1S/C16H22N2O4/c1-15(2,3)22-14(21)18-9-6-16(7-10-18,13(19)20)12-5-4-8-17-11-12/h4-5,8,11H,6-7,9-10H2,1-3H3,(H,19,20). The van der Waals surface area contributed by atoms with Crippen molar-refractivity contribution in [1.82, 2.24) is 9.88 Å². The fourth-order valence-electron chi connectivity index (χ4n) is 2.67. The third-order valence-corrected chi connectivity index (χ3v) is 3.89. The number of amides is 1. The number of nitrogens with zero attached hydrogens (tertiary/aromatic N) is 2. The summed E-state index contributed by atoms with van der Waals surface area (Å²) < 4.78 is 5.34. The van der Waals surface area contributed by atoms with Crippen LogP contribution in [0.3, 0.4) is 0 Å². The molecule has 1 saturated heterocycles. The minimum atomic E-state index is -0.979. The summed E-state index contributed by atoms with van der Waals surface area (Å²) in [5.41, 5.74) is -0.847. The van der Waals surface area contributed by atoms with Crippen molar-refractivity contribution in [3.8, 4) is 0 Å². The van der Waals surface area contributed by atoms with Crippen LogP contribution in [0.4, 0.5) is 4.79 Å². The number of rotatable bonds is 2. The fraction of sp³-hybridized carbons (Fsp3) is 0.562. The summed E-state index contributed by atoms with van der Waals surface area (Å²) >= 11 is 0. The lowest BCUT2D eigenvalue weighted by Gasteiger charge is -2.39. The van der Waals surface area contributed by atoms with Crippen molar-refractivity contribution < 1.29 is 19.4 Å². The quantitative estimate of drug-likeness (QED) is 0.907. The van der Waals surface area contributed by atoms with Crippen molar-refractivity contribution in [1.29, 1.82) is 0 Å². The topological polar surface area (TPSA) is 79.7 Å². The summed E-state index contributed by atoms with van der Waals surface area (Å²) in [6, 6.07) is 3.52. The van der Waals surface area contributed by atoms with Crippen molar-refractivity contribution in [2.75, 3.05) is 13.1 Å². The van der Waals surface area contributed by atoms with Crippen molar-refractivity contribution in [3.63, 3.8) is 0 Å². The van der Waals surface area contributed by atoms with Crippen LogP contribution in [0.15, 0.2) is 24.5 Å². The van der Waals surface area contributed by atoms with E-state index in [1.54, 1.807) is 29.4 Å². The lowest BCUT2D eigenvalue weighted by Crippen LogP contribution is -2.50. The van der Waals surface area contributed by atoms with Gasteiger partial charge in [0.15, 0.2) is 0 Å². The first-order chi connectivity index (χ1) is 10.2. The minimum Gasteiger partial charge on any atom is -0.481 e. The molecule has 0 spiro atoms. The van der Waals surface area contributed by atoms with Gasteiger partial charge in [-0.05, 0) is 45.2 Å². The Kier molecular flexibility index (Phi) is 4.39. The summed E-state index contributed by atoms with van der Waals surface area (Å²) in [7, 11) is 0. The number of carboxylic acid groups (broad SMARTS) is 1. The molecule has 0 aliphatic carbocycles. The van der Waals surface area contributed by atoms with E-state index in [1.807, 2.05) is 20.8 Å². The van der Waals surface area contributed by atoms with Gasteiger partial charge in [-0.25, -0.2) is 4.79 Å². The molecule has 0 bridgehead atoms. The summed E-state index contributed by atoms with van der Waals surface area (Å²) in [4.78, 5) is 29.5. The average molecular weight is 306 g/mol. The van der Waals surface area contributed by atoms with Crippen molar-refractivity contribution in [2.24, 2.45) is 0 Å². The van der Waals surface area contributed by atoms with E-state index in [1.165, 1.54) is 0 Å². The molecule has 0 radical (unpaired) electrons. The van der Waals surface area contributed by atoms with E-state index >= 15 is 0 Å². The van der Waals surface area contributed by atoms with Gasteiger partial charge in [-0.1, -0.05) is 6.07 Å². The number of ether oxygens (including phenoxy) is 1. The van der Waals surface area contributed by atoms with Gasteiger partial charge in [-0.15, -0.1) is 0 Å². The normalized spacial score (nSPS) is 17.9. The van der Waals surface area contributed by atoms with Gasteiger partial charge in [0.05, 0.1) is 5.41 Å². The van der Waals surface area contributed by atoms with Gasteiger partial charge in [0.25, 0.3) is 0 Å². The van der Waals surface area contributed by atoms with Crippen molar-refractivity contribution >= 4 is 12.1 Å². The number of piperidine rings is 1. The van der Waals surface area contributed by atoms with Gasteiger partial charge >= 0.3 is 12.1 Å². The average Bonchev–Trinajstić information content (AvgIpc) is 2.46. The largest absolute Gasteiger partial charge is 0.481 e. The van der Waals surface area contributed by atoms with Crippen LogP contribution in [0.25, 0.3) is 0 Å². The summed E-state index contributed by atoms with van der Waals surface area (Å²) in [6.45, 7) is 6.15. The maximum atomic E-state index is 12.1. The highest BCUT2D eigenvalue weighted by atomic mass is 16.6. The zero-order chi connectivity index (χ0) is 16.4. The lowest BCUT2D eigenvalue weighted by atomic mass is 9.73. The van der Waals surface area contributed by atoms with E-state index < -0.39 is 23.1 Å². The molecule has 2 rings (SSSR count). The van der Waals surface area contributed by atoms with Crippen LogP contribution in [-0.4, -0.2) is 45.7 Å². The molecule has 1 aliphatic heterocycles. The van der Waals surface area contributed by atoms with E-state index in [4.69, 9.17) is 4.74 Å². The smallest absolute Gasteiger partial charge is 0.410 e. The number of likely N-dealkylation sites (tertiary alicyclic amines) is 1. The second-order valence-electron chi connectivity index (χ2n) is 6.60. The van der Waals surface area contributed by atoms with Gasteiger partial charge in [0, 0.05) is 25.5 Å². The lowest BCUT2D eigenvalue weighted by molar-refractivity contribution is -0.146. The molecular weight excluding hydrogens is 284 g/mol. The number of hydrogen-bond donors (Lipinski definition) is 1. The van der Waals surface area contributed by atoms with Crippen molar-refractivity contribution in [2.45, 2.75) is 44.6 Å². The van der Waals surface area contributed by atoms with Gasteiger partial charge in [0.1, 0.15) is 5.60 Å². The van der Waals surface area contributed by atoms with Crippen LogP contribution in [-0.2, 0) is 14.9 Å². The predicted molar refractivity (Wildman–Crippen MR) is 80.6 cm³/mol. The minimum absolute atomic E-state index is 0.354. The Morgan fingerprint density at radius 3 is 2.41 bits per heavy atom. The van der Waals surface area contributed by atoms with Gasteiger partial charge in [0.2, 0.25) is 0 Å².